The highest BCUT2D eigenvalue weighted by Crippen LogP contribution is 2.11. The van der Waals surface area contributed by atoms with E-state index in [1.807, 2.05) is 30.3 Å². The quantitative estimate of drug-likeness (QED) is 0.623. The minimum atomic E-state index is -0.741. The summed E-state index contributed by atoms with van der Waals surface area (Å²) < 4.78 is 5.07. The summed E-state index contributed by atoms with van der Waals surface area (Å²) >= 11 is 0. The summed E-state index contributed by atoms with van der Waals surface area (Å²) in [6.45, 7) is 1.42. The Morgan fingerprint density at radius 1 is 1.04 bits per heavy atom. The van der Waals surface area contributed by atoms with Crippen LogP contribution in [0, 0.1) is 0 Å². The van der Waals surface area contributed by atoms with Gasteiger partial charge in [-0.1, -0.05) is 42.5 Å². The van der Waals surface area contributed by atoms with E-state index in [-0.39, 0.29) is 24.3 Å². The van der Waals surface area contributed by atoms with Crippen LogP contribution >= 0.6 is 0 Å². The first-order valence-electron chi connectivity index (χ1n) is 8.45. The van der Waals surface area contributed by atoms with Crippen LogP contribution in [0.3, 0.4) is 0 Å². The van der Waals surface area contributed by atoms with E-state index in [9.17, 15) is 14.7 Å². The molecule has 26 heavy (non-hydrogen) atoms. The van der Waals surface area contributed by atoms with Gasteiger partial charge in [0, 0.05) is 6.92 Å². The summed E-state index contributed by atoms with van der Waals surface area (Å²) in [6, 6.07) is 15.1. The third-order valence-corrected chi connectivity index (χ3v) is 3.89. The third-order valence-electron chi connectivity index (χ3n) is 3.89. The van der Waals surface area contributed by atoms with Crippen LogP contribution in [-0.2, 0) is 27.2 Å². The molecule has 0 heterocycles. The molecular formula is C20H24N2O4. The van der Waals surface area contributed by atoms with Gasteiger partial charge in [0.05, 0.1) is 12.1 Å². The SMILES string of the molecule is CC(=O)OC[C@H](Cc1ccccc1)NC(=O)[C@@H](N)Cc1ccc(O)cc1. The van der Waals surface area contributed by atoms with Crippen LogP contribution < -0.4 is 11.1 Å². The fourth-order valence-electron chi connectivity index (χ4n) is 2.56. The molecule has 2 rings (SSSR count). The molecule has 2 aromatic rings. The van der Waals surface area contributed by atoms with Crippen LogP contribution in [-0.4, -0.2) is 35.7 Å². The third kappa shape index (κ3) is 6.57. The van der Waals surface area contributed by atoms with Gasteiger partial charge in [-0.15, -0.1) is 0 Å². The van der Waals surface area contributed by atoms with Crippen LogP contribution in [0.25, 0.3) is 0 Å². The largest absolute Gasteiger partial charge is 0.508 e. The molecule has 0 unspecified atom stereocenters. The van der Waals surface area contributed by atoms with Gasteiger partial charge < -0.3 is 20.9 Å². The molecule has 0 aromatic heterocycles. The first-order valence-corrected chi connectivity index (χ1v) is 8.45. The van der Waals surface area contributed by atoms with E-state index in [4.69, 9.17) is 10.5 Å². The first kappa shape index (κ1) is 19.5. The van der Waals surface area contributed by atoms with E-state index in [1.54, 1.807) is 24.3 Å². The van der Waals surface area contributed by atoms with Crippen molar-refractivity contribution in [2.45, 2.75) is 31.8 Å². The molecule has 0 aliphatic rings. The molecule has 2 aromatic carbocycles. The summed E-state index contributed by atoms with van der Waals surface area (Å²) in [5, 5.41) is 12.2. The fraction of sp³-hybridized carbons (Fsp3) is 0.300. The Balaban J connectivity index is 1.96. The summed E-state index contributed by atoms with van der Waals surface area (Å²) in [4.78, 5) is 23.5. The predicted octanol–water partition coefficient (Wildman–Crippen LogP) is 1.55. The summed E-state index contributed by atoms with van der Waals surface area (Å²) in [5.74, 6) is -0.548. The van der Waals surface area contributed by atoms with Crippen molar-refractivity contribution < 1.29 is 19.4 Å². The number of carbonyl (C=O) groups excluding carboxylic acids is 2. The lowest BCUT2D eigenvalue weighted by molar-refractivity contribution is -0.142. The van der Waals surface area contributed by atoms with Gasteiger partial charge in [0.15, 0.2) is 0 Å². The number of hydrogen-bond acceptors (Lipinski definition) is 5. The molecule has 1 amide bonds. The Morgan fingerprint density at radius 3 is 2.27 bits per heavy atom. The number of amides is 1. The molecule has 2 atom stereocenters. The second-order valence-corrected chi connectivity index (χ2v) is 6.17. The number of nitrogens with two attached hydrogens (primary N) is 1. The second kappa shape index (κ2) is 9.58. The Bertz CT molecular complexity index is 716. The Morgan fingerprint density at radius 2 is 1.65 bits per heavy atom. The van der Waals surface area contributed by atoms with Gasteiger partial charge in [0.1, 0.15) is 12.4 Å². The smallest absolute Gasteiger partial charge is 0.302 e. The summed E-state index contributed by atoms with van der Waals surface area (Å²) in [6.07, 6.45) is 0.878. The van der Waals surface area contributed by atoms with E-state index in [1.165, 1.54) is 6.92 Å². The number of benzene rings is 2. The highest BCUT2D eigenvalue weighted by atomic mass is 16.5. The normalized spacial score (nSPS) is 12.8. The summed E-state index contributed by atoms with van der Waals surface area (Å²) in [7, 11) is 0. The van der Waals surface area contributed by atoms with Crippen molar-refractivity contribution in [1.29, 1.82) is 0 Å². The van der Waals surface area contributed by atoms with E-state index < -0.39 is 12.0 Å². The van der Waals surface area contributed by atoms with E-state index in [0.717, 1.165) is 11.1 Å². The molecule has 6 heteroatoms. The second-order valence-electron chi connectivity index (χ2n) is 6.17. The fourth-order valence-corrected chi connectivity index (χ4v) is 2.56. The van der Waals surface area contributed by atoms with Crippen molar-refractivity contribution in [3.63, 3.8) is 0 Å². The van der Waals surface area contributed by atoms with Gasteiger partial charge in [0.2, 0.25) is 5.91 Å². The van der Waals surface area contributed by atoms with Crippen molar-refractivity contribution in [2.75, 3.05) is 6.61 Å². The molecular weight excluding hydrogens is 332 g/mol. The van der Waals surface area contributed by atoms with Crippen LogP contribution in [0.1, 0.15) is 18.1 Å². The number of phenolic OH excluding ortho intramolecular Hbond substituents is 1. The van der Waals surface area contributed by atoms with Crippen LogP contribution in [0.15, 0.2) is 54.6 Å². The highest BCUT2D eigenvalue weighted by molar-refractivity contribution is 5.82. The van der Waals surface area contributed by atoms with Gasteiger partial charge in [-0.3, -0.25) is 9.59 Å². The monoisotopic (exact) mass is 356 g/mol. The number of esters is 1. The molecule has 0 aliphatic heterocycles. The average Bonchev–Trinajstić information content (AvgIpc) is 2.62. The minimum absolute atomic E-state index is 0.0852. The molecule has 0 saturated carbocycles. The summed E-state index contributed by atoms with van der Waals surface area (Å²) in [5.41, 5.74) is 7.88. The zero-order chi connectivity index (χ0) is 18.9. The van der Waals surface area contributed by atoms with Crippen molar-refractivity contribution in [3.8, 4) is 5.75 Å². The van der Waals surface area contributed by atoms with E-state index >= 15 is 0 Å². The average molecular weight is 356 g/mol. The van der Waals surface area contributed by atoms with Gasteiger partial charge in [-0.2, -0.15) is 0 Å². The number of aromatic hydroxyl groups is 1. The predicted molar refractivity (Wildman–Crippen MR) is 98.5 cm³/mol. The lowest BCUT2D eigenvalue weighted by atomic mass is 10.0. The highest BCUT2D eigenvalue weighted by Gasteiger charge is 2.20. The maximum atomic E-state index is 12.4. The number of ether oxygens (including phenoxy) is 1. The van der Waals surface area contributed by atoms with Gasteiger partial charge in [0.25, 0.3) is 0 Å². The number of carbonyl (C=O) groups is 2. The molecule has 0 saturated heterocycles. The van der Waals surface area contributed by atoms with E-state index in [2.05, 4.69) is 5.32 Å². The zero-order valence-electron chi connectivity index (χ0n) is 14.7. The molecule has 138 valence electrons. The standard InChI is InChI=1S/C20H24N2O4/c1-14(23)26-13-17(11-15-5-3-2-4-6-15)22-20(25)19(21)12-16-7-9-18(24)10-8-16/h2-10,17,19,24H,11-13,21H2,1H3,(H,22,25)/t17-,19-/m0/s1. The van der Waals surface area contributed by atoms with E-state index in [0.29, 0.717) is 12.8 Å². The number of rotatable bonds is 8. The van der Waals surface area contributed by atoms with Crippen molar-refractivity contribution in [3.05, 3.63) is 65.7 Å². The Hall–Kier alpha value is -2.86. The molecule has 0 bridgehead atoms. The number of nitrogens with one attached hydrogen (secondary N) is 1. The Kier molecular flexibility index (Phi) is 7.17. The van der Waals surface area contributed by atoms with Crippen molar-refractivity contribution in [2.24, 2.45) is 5.73 Å². The van der Waals surface area contributed by atoms with Crippen molar-refractivity contribution >= 4 is 11.9 Å². The van der Waals surface area contributed by atoms with Gasteiger partial charge in [-0.25, -0.2) is 0 Å². The van der Waals surface area contributed by atoms with Crippen LogP contribution in [0.2, 0.25) is 0 Å². The zero-order valence-corrected chi connectivity index (χ0v) is 14.7. The molecule has 0 radical (unpaired) electrons. The molecule has 0 fully saturated rings. The van der Waals surface area contributed by atoms with Gasteiger partial charge in [-0.05, 0) is 36.1 Å². The van der Waals surface area contributed by atoms with Crippen LogP contribution in [0.4, 0.5) is 0 Å². The number of phenols is 1. The lowest BCUT2D eigenvalue weighted by Crippen LogP contribution is -2.48. The molecule has 0 spiro atoms. The number of hydrogen-bond donors (Lipinski definition) is 3. The van der Waals surface area contributed by atoms with Crippen molar-refractivity contribution in [1.82, 2.24) is 5.32 Å². The topological polar surface area (TPSA) is 102 Å². The maximum absolute atomic E-state index is 12.4. The van der Waals surface area contributed by atoms with Crippen LogP contribution in [0.5, 0.6) is 5.75 Å². The molecule has 4 N–H and O–H groups in total. The first-order chi connectivity index (χ1) is 12.4. The minimum Gasteiger partial charge on any atom is -0.508 e. The lowest BCUT2D eigenvalue weighted by Gasteiger charge is -2.21. The molecule has 6 nitrogen and oxygen atoms in total. The maximum Gasteiger partial charge on any atom is 0.302 e. The Labute approximate surface area is 153 Å². The molecule has 0 aliphatic carbocycles. The van der Waals surface area contributed by atoms with Gasteiger partial charge >= 0.3 is 5.97 Å².